The highest BCUT2D eigenvalue weighted by Crippen LogP contribution is 2.27. The van der Waals surface area contributed by atoms with Crippen LogP contribution in [0.15, 0.2) is 36.8 Å². The lowest BCUT2D eigenvalue weighted by atomic mass is 10.1. The third-order valence-electron chi connectivity index (χ3n) is 3.25. The molecule has 3 rings (SSSR count). The van der Waals surface area contributed by atoms with Gasteiger partial charge in [0.05, 0.1) is 23.8 Å². The summed E-state index contributed by atoms with van der Waals surface area (Å²) in [5.41, 5.74) is 10.9. The largest absolute Gasteiger partial charge is 0.360 e. The van der Waals surface area contributed by atoms with Crippen molar-refractivity contribution < 1.29 is 0 Å². The van der Waals surface area contributed by atoms with Gasteiger partial charge in [0.2, 0.25) is 0 Å². The molecule has 2 aromatic heterocycles. The predicted octanol–water partition coefficient (Wildman–Crippen LogP) is 2.95. The van der Waals surface area contributed by atoms with Gasteiger partial charge in [-0.3, -0.25) is 9.97 Å². The Labute approximate surface area is 111 Å². The summed E-state index contributed by atoms with van der Waals surface area (Å²) in [6.45, 7) is 3.99. The Morgan fingerprint density at radius 3 is 2.74 bits per heavy atom. The van der Waals surface area contributed by atoms with Crippen molar-refractivity contribution in [3.63, 3.8) is 0 Å². The van der Waals surface area contributed by atoms with E-state index in [9.17, 15) is 0 Å². The van der Waals surface area contributed by atoms with Crippen molar-refractivity contribution in [3.8, 4) is 11.3 Å². The molecule has 0 fully saturated rings. The first-order valence-corrected chi connectivity index (χ1v) is 6.31. The summed E-state index contributed by atoms with van der Waals surface area (Å²) < 4.78 is 0. The summed E-state index contributed by atoms with van der Waals surface area (Å²) in [7, 11) is 0. The molecule has 0 aliphatic heterocycles. The molecule has 3 N–H and O–H groups in total. The summed E-state index contributed by atoms with van der Waals surface area (Å²) in [6, 6.07) is 6.24. The lowest BCUT2D eigenvalue weighted by molar-refractivity contribution is 0.773. The Hall–Kier alpha value is -2.20. The van der Waals surface area contributed by atoms with Crippen LogP contribution in [0.4, 0.5) is 0 Å². The van der Waals surface area contributed by atoms with Gasteiger partial charge in [-0.05, 0) is 26.0 Å². The molecule has 4 heteroatoms. The van der Waals surface area contributed by atoms with E-state index >= 15 is 0 Å². The van der Waals surface area contributed by atoms with Gasteiger partial charge in [0.25, 0.3) is 0 Å². The van der Waals surface area contributed by atoms with Gasteiger partial charge in [0, 0.05) is 28.7 Å². The number of aromatic amines is 1. The van der Waals surface area contributed by atoms with Crippen molar-refractivity contribution in [2.24, 2.45) is 5.73 Å². The van der Waals surface area contributed by atoms with Gasteiger partial charge in [-0.1, -0.05) is 11.6 Å². The van der Waals surface area contributed by atoms with E-state index in [0.29, 0.717) is 0 Å². The zero-order valence-electron chi connectivity index (χ0n) is 11.0. The summed E-state index contributed by atoms with van der Waals surface area (Å²) in [4.78, 5) is 12.1. The average Bonchev–Trinajstić information content (AvgIpc) is 2.81. The van der Waals surface area contributed by atoms with Crippen LogP contribution in [0.25, 0.3) is 22.2 Å². The standard InChI is InChI=1S/C15H16N4/c1-9-3-4-13-11(5-9)12(6-17-13)15-8-18-14(7-19-15)10(2)16/h3-8,10,17H,16H2,1-2H3/t10-/m0/s1. The van der Waals surface area contributed by atoms with Crippen LogP contribution < -0.4 is 5.73 Å². The monoisotopic (exact) mass is 252 g/mol. The van der Waals surface area contributed by atoms with Crippen LogP contribution in [0.2, 0.25) is 0 Å². The molecule has 0 spiro atoms. The van der Waals surface area contributed by atoms with Crippen molar-refractivity contribution >= 4 is 10.9 Å². The first kappa shape index (κ1) is 11.9. The molecular formula is C15H16N4. The number of rotatable bonds is 2. The summed E-state index contributed by atoms with van der Waals surface area (Å²) >= 11 is 0. The molecule has 1 atom stereocenters. The molecule has 3 aromatic rings. The molecule has 0 saturated heterocycles. The fourth-order valence-electron chi connectivity index (χ4n) is 2.16. The number of benzene rings is 1. The fraction of sp³-hybridized carbons (Fsp3) is 0.200. The van der Waals surface area contributed by atoms with Crippen molar-refractivity contribution in [1.29, 1.82) is 0 Å². The highest BCUT2D eigenvalue weighted by molar-refractivity contribution is 5.94. The lowest BCUT2D eigenvalue weighted by Gasteiger charge is -2.04. The minimum Gasteiger partial charge on any atom is -0.360 e. The maximum absolute atomic E-state index is 5.78. The molecular weight excluding hydrogens is 236 g/mol. The molecule has 0 bridgehead atoms. The lowest BCUT2D eigenvalue weighted by Crippen LogP contribution is -2.07. The second kappa shape index (κ2) is 4.48. The van der Waals surface area contributed by atoms with Crippen LogP contribution in [0.1, 0.15) is 24.2 Å². The molecule has 0 amide bonds. The van der Waals surface area contributed by atoms with E-state index in [1.165, 1.54) is 10.9 Å². The van der Waals surface area contributed by atoms with E-state index < -0.39 is 0 Å². The van der Waals surface area contributed by atoms with Crippen LogP contribution in [-0.4, -0.2) is 15.0 Å². The number of H-pyrrole nitrogens is 1. The quantitative estimate of drug-likeness (QED) is 0.736. The molecule has 0 saturated carbocycles. The Kier molecular flexibility index (Phi) is 2.80. The summed E-state index contributed by atoms with van der Waals surface area (Å²) in [5, 5.41) is 1.17. The van der Waals surface area contributed by atoms with Crippen molar-refractivity contribution in [1.82, 2.24) is 15.0 Å². The molecule has 96 valence electrons. The van der Waals surface area contributed by atoms with Gasteiger partial charge in [-0.2, -0.15) is 0 Å². The maximum atomic E-state index is 5.78. The Balaban J connectivity index is 2.11. The topological polar surface area (TPSA) is 67.6 Å². The van der Waals surface area contributed by atoms with E-state index in [2.05, 4.69) is 40.1 Å². The summed E-state index contributed by atoms with van der Waals surface area (Å²) in [6.07, 6.45) is 5.50. The third-order valence-corrected chi connectivity index (χ3v) is 3.25. The molecule has 0 aliphatic rings. The van der Waals surface area contributed by atoms with E-state index in [1.807, 2.05) is 13.1 Å². The number of hydrogen-bond acceptors (Lipinski definition) is 3. The first-order chi connectivity index (χ1) is 9.15. The van der Waals surface area contributed by atoms with Crippen molar-refractivity contribution in [2.75, 3.05) is 0 Å². The van der Waals surface area contributed by atoms with Crippen LogP contribution in [0.5, 0.6) is 0 Å². The second-order valence-electron chi connectivity index (χ2n) is 4.87. The normalized spacial score (nSPS) is 12.8. The number of aryl methyl sites for hydroxylation is 1. The predicted molar refractivity (Wildman–Crippen MR) is 76.7 cm³/mol. The molecule has 1 aromatic carbocycles. The number of nitrogens with zero attached hydrogens (tertiary/aromatic N) is 2. The minimum absolute atomic E-state index is 0.0910. The van der Waals surface area contributed by atoms with Gasteiger partial charge in [0.1, 0.15) is 0 Å². The van der Waals surface area contributed by atoms with Gasteiger partial charge < -0.3 is 10.7 Å². The zero-order valence-corrected chi connectivity index (χ0v) is 11.0. The van der Waals surface area contributed by atoms with E-state index in [4.69, 9.17) is 5.73 Å². The van der Waals surface area contributed by atoms with E-state index in [0.717, 1.165) is 22.5 Å². The molecule has 2 heterocycles. The number of nitrogens with two attached hydrogens (primary N) is 1. The molecule has 0 aliphatic carbocycles. The Morgan fingerprint density at radius 1 is 1.21 bits per heavy atom. The maximum Gasteiger partial charge on any atom is 0.0906 e. The van der Waals surface area contributed by atoms with Crippen molar-refractivity contribution in [2.45, 2.75) is 19.9 Å². The minimum atomic E-state index is -0.0910. The zero-order chi connectivity index (χ0) is 13.4. The van der Waals surface area contributed by atoms with Crippen LogP contribution in [0.3, 0.4) is 0 Å². The number of hydrogen-bond donors (Lipinski definition) is 2. The molecule has 0 radical (unpaired) electrons. The number of aromatic nitrogens is 3. The van der Waals surface area contributed by atoms with Crippen LogP contribution in [-0.2, 0) is 0 Å². The highest BCUT2D eigenvalue weighted by atomic mass is 14.8. The van der Waals surface area contributed by atoms with E-state index in [-0.39, 0.29) is 6.04 Å². The number of nitrogens with one attached hydrogen (secondary N) is 1. The van der Waals surface area contributed by atoms with Crippen molar-refractivity contribution in [3.05, 3.63) is 48.0 Å². The smallest absolute Gasteiger partial charge is 0.0906 e. The first-order valence-electron chi connectivity index (χ1n) is 6.31. The third kappa shape index (κ3) is 2.11. The number of fused-ring (bicyclic) bond motifs is 1. The van der Waals surface area contributed by atoms with Gasteiger partial charge >= 0.3 is 0 Å². The van der Waals surface area contributed by atoms with Gasteiger partial charge in [0.15, 0.2) is 0 Å². The Morgan fingerprint density at radius 2 is 2.05 bits per heavy atom. The van der Waals surface area contributed by atoms with E-state index in [1.54, 1.807) is 12.4 Å². The SMILES string of the molecule is Cc1ccc2[nH]cc(-c3cnc([C@H](C)N)cn3)c2c1. The summed E-state index contributed by atoms with van der Waals surface area (Å²) in [5.74, 6) is 0. The highest BCUT2D eigenvalue weighted by Gasteiger charge is 2.09. The van der Waals surface area contributed by atoms with Crippen LogP contribution in [0, 0.1) is 6.92 Å². The molecule has 4 nitrogen and oxygen atoms in total. The van der Waals surface area contributed by atoms with Crippen LogP contribution >= 0.6 is 0 Å². The second-order valence-corrected chi connectivity index (χ2v) is 4.87. The van der Waals surface area contributed by atoms with Gasteiger partial charge in [-0.15, -0.1) is 0 Å². The Bertz CT molecular complexity index is 711. The molecule has 0 unspecified atom stereocenters. The van der Waals surface area contributed by atoms with Gasteiger partial charge in [-0.25, -0.2) is 0 Å². The average molecular weight is 252 g/mol. The fourth-order valence-corrected chi connectivity index (χ4v) is 2.16. The molecule has 19 heavy (non-hydrogen) atoms.